The predicted molar refractivity (Wildman–Crippen MR) is 142 cm³/mol. The van der Waals surface area contributed by atoms with Gasteiger partial charge in [0.05, 0.1) is 20.8 Å². The minimum atomic E-state index is -3.77. The molecule has 0 atom stereocenters. The second kappa shape index (κ2) is 10.0. The highest BCUT2D eigenvalue weighted by Crippen LogP contribution is 2.25. The monoisotopic (exact) mass is 505 g/mol. The summed E-state index contributed by atoms with van der Waals surface area (Å²) >= 11 is 1.46. The summed E-state index contributed by atoms with van der Waals surface area (Å²) < 4.78 is 30.8. The van der Waals surface area contributed by atoms with E-state index >= 15 is 0 Å². The molecule has 0 bridgehead atoms. The molecule has 0 aliphatic heterocycles. The molecule has 35 heavy (non-hydrogen) atoms. The van der Waals surface area contributed by atoms with Crippen LogP contribution in [0.15, 0.2) is 89.3 Å². The number of hydrogen-bond acceptors (Lipinski definition) is 4. The number of thiazole rings is 1. The molecular weight excluding hydrogens is 478 g/mol. The zero-order chi connectivity index (χ0) is 25.2. The van der Waals surface area contributed by atoms with Gasteiger partial charge in [0.1, 0.15) is 0 Å². The number of aromatic nitrogens is 1. The molecule has 1 aromatic heterocycles. The molecule has 0 aliphatic carbocycles. The Labute approximate surface area is 209 Å². The summed E-state index contributed by atoms with van der Waals surface area (Å²) in [6.07, 6.45) is 1.78. The van der Waals surface area contributed by atoms with Crippen molar-refractivity contribution in [3.63, 3.8) is 0 Å². The lowest BCUT2D eigenvalue weighted by molar-refractivity contribution is 0.0998. The van der Waals surface area contributed by atoms with Crippen LogP contribution in [0.25, 0.3) is 10.2 Å². The van der Waals surface area contributed by atoms with Gasteiger partial charge in [-0.25, -0.2) is 8.42 Å². The minimum Gasteiger partial charge on any atom is -0.312 e. The van der Waals surface area contributed by atoms with Crippen molar-refractivity contribution in [3.05, 3.63) is 101 Å². The highest BCUT2D eigenvalue weighted by atomic mass is 32.2. The number of carbonyl (C=O) groups excluding carboxylic acids is 1. The van der Waals surface area contributed by atoms with Crippen LogP contribution in [0.2, 0.25) is 0 Å². The van der Waals surface area contributed by atoms with E-state index in [2.05, 4.69) is 23.7 Å². The maximum Gasteiger partial charge on any atom is 0.279 e. The van der Waals surface area contributed by atoms with Crippen LogP contribution in [0.4, 0.5) is 5.69 Å². The number of nitrogens with zero attached hydrogens (tertiary/aromatic N) is 3. The first-order valence-corrected chi connectivity index (χ1v) is 13.5. The van der Waals surface area contributed by atoms with Crippen molar-refractivity contribution in [2.75, 3.05) is 10.8 Å². The van der Waals surface area contributed by atoms with Gasteiger partial charge in [-0.3, -0.25) is 9.10 Å². The first kappa shape index (κ1) is 24.6. The lowest BCUT2D eigenvalue weighted by atomic mass is 10.1. The summed E-state index contributed by atoms with van der Waals surface area (Å²) in [5.41, 5.74) is 4.19. The third-order valence-electron chi connectivity index (χ3n) is 5.64. The Balaban J connectivity index is 1.70. The maximum atomic E-state index is 13.2. The summed E-state index contributed by atoms with van der Waals surface area (Å²) in [5.74, 6) is -0.428. The lowest BCUT2D eigenvalue weighted by Crippen LogP contribution is -2.30. The second-order valence-corrected chi connectivity index (χ2v) is 11.0. The van der Waals surface area contributed by atoms with Crippen LogP contribution in [-0.4, -0.2) is 25.4 Å². The smallest absolute Gasteiger partial charge is 0.279 e. The largest absolute Gasteiger partial charge is 0.312 e. The van der Waals surface area contributed by atoms with E-state index in [-0.39, 0.29) is 11.4 Å². The topological polar surface area (TPSA) is 71.7 Å². The standard InChI is InChI=1S/C27H27N3O3S2/c1-5-16-29-24-18-19(3)17-20(4)25(24)34-27(29)28-26(31)21-12-14-23(15-13-21)35(32,33)30(6-2)22-10-8-7-9-11-22/h5,7-15,17-18H,1,6,16H2,2-4H3. The minimum absolute atomic E-state index is 0.120. The predicted octanol–water partition coefficient (Wildman–Crippen LogP) is 5.46. The van der Waals surface area contributed by atoms with Crippen molar-refractivity contribution in [2.45, 2.75) is 32.2 Å². The van der Waals surface area contributed by atoms with Crippen LogP contribution in [0.3, 0.4) is 0 Å². The number of allylic oxidation sites excluding steroid dienone is 1. The van der Waals surface area contributed by atoms with Crippen LogP contribution in [0, 0.1) is 13.8 Å². The summed E-state index contributed by atoms with van der Waals surface area (Å²) in [7, 11) is -3.77. The molecule has 0 radical (unpaired) electrons. The van der Waals surface area contributed by atoms with Crippen molar-refractivity contribution in [2.24, 2.45) is 4.99 Å². The SMILES string of the molecule is C=CCn1c(=NC(=O)c2ccc(S(=O)(=O)N(CC)c3ccccc3)cc2)sc2c(C)cc(C)cc21. The summed E-state index contributed by atoms with van der Waals surface area (Å²) in [5, 5.41) is 0. The molecule has 4 aromatic rings. The Morgan fingerprint density at radius 2 is 1.77 bits per heavy atom. The first-order chi connectivity index (χ1) is 16.8. The highest BCUT2D eigenvalue weighted by Gasteiger charge is 2.23. The number of anilines is 1. The summed E-state index contributed by atoms with van der Waals surface area (Å²) in [4.78, 5) is 18.1. The van der Waals surface area contributed by atoms with E-state index in [0.717, 1.165) is 21.3 Å². The van der Waals surface area contributed by atoms with Crippen molar-refractivity contribution in [3.8, 4) is 0 Å². The van der Waals surface area contributed by atoms with E-state index < -0.39 is 15.9 Å². The molecule has 1 amide bonds. The molecule has 180 valence electrons. The molecule has 1 heterocycles. The van der Waals surface area contributed by atoms with E-state index in [9.17, 15) is 13.2 Å². The van der Waals surface area contributed by atoms with Gasteiger partial charge in [0.25, 0.3) is 15.9 Å². The van der Waals surface area contributed by atoms with Gasteiger partial charge in [0, 0.05) is 18.7 Å². The Morgan fingerprint density at radius 1 is 1.09 bits per heavy atom. The number of benzene rings is 3. The van der Waals surface area contributed by atoms with Gasteiger partial charge in [0.2, 0.25) is 0 Å². The number of rotatable bonds is 7. The molecule has 0 spiro atoms. The maximum absolute atomic E-state index is 13.2. The number of amides is 1. The molecule has 3 aromatic carbocycles. The fourth-order valence-corrected chi connectivity index (χ4v) is 6.60. The van der Waals surface area contributed by atoms with Gasteiger partial charge in [-0.1, -0.05) is 41.7 Å². The number of aryl methyl sites for hydroxylation is 2. The van der Waals surface area contributed by atoms with Gasteiger partial charge in [0.15, 0.2) is 4.80 Å². The average Bonchev–Trinajstić information content (AvgIpc) is 3.17. The molecule has 0 saturated heterocycles. The fourth-order valence-electron chi connectivity index (χ4n) is 4.04. The van der Waals surface area contributed by atoms with Gasteiger partial charge >= 0.3 is 0 Å². The van der Waals surface area contributed by atoms with Gasteiger partial charge in [-0.05, 0) is 74.4 Å². The molecule has 0 aliphatic rings. The Bertz CT molecular complexity index is 1570. The number of hydrogen-bond donors (Lipinski definition) is 0. The van der Waals surface area contributed by atoms with E-state index in [4.69, 9.17) is 0 Å². The third kappa shape index (κ3) is 4.85. The van der Waals surface area contributed by atoms with Gasteiger partial charge in [-0.15, -0.1) is 6.58 Å². The quantitative estimate of drug-likeness (QED) is 0.313. The molecule has 4 rings (SSSR count). The fraction of sp³-hybridized carbons (Fsp3) is 0.185. The molecule has 6 nitrogen and oxygen atoms in total. The van der Waals surface area contributed by atoms with Gasteiger partial charge in [-0.2, -0.15) is 4.99 Å². The average molecular weight is 506 g/mol. The van der Waals surface area contributed by atoms with Crippen molar-refractivity contribution in [1.82, 2.24) is 4.57 Å². The third-order valence-corrected chi connectivity index (χ3v) is 8.79. The Kier molecular flexibility index (Phi) is 7.05. The van der Waals surface area contributed by atoms with Crippen molar-refractivity contribution in [1.29, 1.82) is 0 Å². The summed E-state index contributed by atoms with van der Waals surface area (Å²) in [6.45, 7) is 10.5. The normalized spacial score (nSPS) is 12.1. The van der Waals surface area contributed by atoms with Crippen LogP contribution in [0.1, 0.15) is 28.4 Å². The molecule has 0 fully saturated rings. The van der Waals surface area contributed by atoms with Crippen LogP contribution in [-0.2, 0) is 16.6 Å². The Morgan fingerprint density at radius 3 is 2.40 bits per heavy atom. The van der Waals surface area contributed by atoms with Crippen molar-refractivity contribution < 1.29 is 13.2 Å². The molecule has 0 unspecified atom stereocenters. The summed E-state index contributed by atoms with van der Waals surface area (Å²) in [6, 6.07) is 19.1. The van der Waals surface area contributed by atoms with Crippen LogP contribution in [0.5, 0.6) is 0 Å². The molecule has 0 saturated carbocycles. The van der Waals surface area contributed by atoms with E-state index in [1.807, 2.05) is 24.5 Å². The van der Waals surface area contributed by atoms with Crippen LogP contribution >= 0.6 is 11.3 Å². The number of para-hydroxylation sites is 1. The second-order valence-electron chi connectivity index (χ2n) is 8.16. The van der Waals surface area contributed by atoms with E-state index in [1.54, 1.807) is 37.3 Å². The van der Waals surface area contributed by atoms with Gasteiger partial charge < -0.3 is 4.57 Å². The molecular formula is C27H27N3O3S2. The zero-order valence-electron chi connectivity index (χ0n) is 19.9. The van der Waals surface area contributed by atoms with Crippen molar-refractivity contribution >= 4 is 43.2 Å². The van der Waals surface area contributed by atoms with E-state index in [0.29, 0.717) is 22.6 Å². The first-order valence-electron chi connectivity index (χ1n) is 11.2. The molecule has 8 heteroatoms. The van der Waals surface area contributed by atoms with E-state index in [1.165, 1.54) is 39.9 Å². The lowest BCUT2D eigenvalue weighted by Gasteiger charge is -2.22. The zero-order valence-corrected chi connectivity index (χ0v) is 21.6. The number of carbonyl (C=O) groups is 1. The highest BCUT2D eigenvalue weighted by molar-refractivity contribution is 7.92. The number of sulfonamides is 1. The Hall–Kier alpha value is -3.49. The number of fused-ring (bicyclic) bond motifs is 1. The molecule has 0 N–H and O–H groups in total. The van der Waals surface area contributed by atoms with Crippen LogP contribution < -0.4 is 9.11 Å².